The predicted molar refractivity (Wildman–Crippen MR) is 77.4 cm³/mol. The van der Waals surface area contributed by atoms with Crippen LogP contribution in [0.5, 0.6) is 0 Å². The van der Waals surface area contributed by atoms with E-state index in [0.29, 0.717) is 5.92 Å². The van der Waals surface area contributed by atoms with Gasteiger partial charge in [0, 0.05) is 12.1 Å². The minimum Gasteiger partial charge on any atom is -0.306 e. The molecule has 0 bridgehead atoms. The van der Waals surface area contributed by atoms with Gasteiger partial charge in [-0.05, 0) is 61.0 Å². The van der Waals surface area contributed by atoms with Crippen molar-refractivity contribution in [2.45, 2.75) is 18.8 Å². The van der Waals surface area contributed by atoms with Crippen LogP contribution >= 0.6 is 27.5 Å². The SMILES string of the molecule is CN1CCC(c2nc(Br)c3ccc(Cl)cn23)CC1. The topological polar surface area (TPSA) is 20.5 Å². The molecule has 1 aliphatic heterocycles. The fraction of sp³-hybridized carbons (Fsp3) is 0.462. The lowest BCUT2D eigenvalue weighted by Gasteiger charge is -2.28. The number of nitrogens with zero attached hydrogens (tertiary/aromatic N) is 3. The maximum atomic E-state index is 6.09. The van der Waals surface area contributed by atoms with Gasteiger partial charge in [0.25, 0.3) is 0 Å². The summed E-state index contributed by atoms with van der Waals surface area (Å²) in [5.74, 6) is 1.66. The lowest BCUT2D eigenvalue weighted by atomic mass is 9.96. The van der Waals surface area contributed by atoms with Gasteiger partial charge in [0.15, 0.2) is 0 Å². The van der Waals surface area contributed by atoms with Gasteiger partial charge in [-0.2, -0.15) is 0 Å². The molecule has 0 radical (unpaired) electrons. The van der Waals surface area contributed by atoms with E-state index in [4.69, 9.17) is 11.6 Å². The molecule has 18 heavy (non-hydrogen) atoms. The van der Waals surface area contributed by atoms with Gasteiger partial charge in [0.1, 0.15) is 10.4 Å². The molecule has 0 atom stereocenters. The molecule has 0 aromatic carbocycles. The molecule has 0 saturated carbocycles. The second kappa shape index (κ2) is 4.83. The van der Waals surface area contributed by atoms with Gasteiger partial charge in [0.05, 0.1) is 10.5 Å². The first-order valence-electron chi connectivity index (χ1n) is 6.16. The molecule has 1 saturated heterocycles. The Morgan fingerprint density at radius 1 is 1.33 bits per heavy atom. The molecule has 3 nitrogen and oxygen atoms in total. The fourth-order valence-corrected chi connectivity index (χ4v) is 3.26. The Bertz CT molecular complexity index is 573. The molecule has 0 aliphatic carbocycles. The van der Waals surface area contributed by atoms with Crippen LogP contribution < -0.4 is 0 Å². The largest absolute Gasteiger partial charge is 0.306 e. The summed E-state index contributed by atoms with van der Waals surface area (Å²) in [5, 5.41) is 0.751. The van der Waals surface area contributed by atoms with E-state index in [1.807, 2.05) is 18.3 Å². The number of aromatic nitrogens is 2. The first kappa shape index (κ1) is 12.5. The van der Waals surface area contributed by atoms with Crippen molar-refractivity contribution >= 4 is 33.0 Å². The number of pyridine rings is 1. The van der Waals surface area contributed by atoms with E-state index >= 15 is 0 Å². The van der Waals surface area contributed by atoms with Crippen LogP contribution in [0.4, 0.5) is 0 Å². The van der Waals surface area contributed by atoms with E-state index in [0.717, 1.165) is 46.9 Å². The quantitative estimate of drug-likeness (QED) is 0.798. The number of halogens is 2. The van der Waals surface area contributed by atoms with Gasteiger partial charge in [-0.15, -0.1) is 0 Å². The molecule has 1 fully saturated rings. The van der Waals surface area contributed by atoms with Crippen molar-refractivity contribution in [3.05, 3.63) is 33.8 Å². The van der Waals surface area contributed by atoms with Gasteiger partial charge in [-0.1, -0.05) is 11.6 Å². The second-order valence-corrected chi connectivity index (χ2v) is 6.13. The number of rotatable bonds is 1. The third kappa shape index (κ3) is 2.17. The average molecular weight is 329 g/mol. The highest BCUT2D eigenvalue weighted by Gasteiger charge is 2.23. The highest BCUT2D eigenvalue weighted by atomic mass is 79.9. The zero-order valence-corrected chi connectivity index (χ0v) is 12.6. The Balaban J connectivity index is 2.03. The van der Waals surface area contributed by atoms with E-state index in [9.17, 15) is 0 Å². The normalized spacial score (nSPS) is 18.6. The highest BCUT2D eigenvalue weighted by molar-refractivity contribution is 9.10. The van der Waals surface area contributed by atoms with Crippen LogP contribution in [0.1, 0.15) is 24.6 Å². The molecule has 5 heteroatoms. The summed E-state index contributed by atoms with van der Waals surface area (Å²) in [5.41, 5.74) is 1.09. The van der Waals surface area contributed by atoms with Crippen LogP contribution in [-0.2, 0) is 0 Å². The molecule has 1 aliphatic rings. The van der Waals surface area contributed by atoms with Crippen LogP contribution in [0.25, 0.3) is 5.52 Å². The molecular weight excluding hydrogens is 314 g/mol. The van der Waals surface area contributed by atoms with E-state index in [2.05, 4.69) is 37.3 Å². The highest BCUT2D eigenvalue weighted by Crippen LogP contribution is 2.31. The predicted octanol–water partition coefficient (Wildman–Crippen LogP) is 3.56. The van der Waals surface area contributed by atoms with Crippen molar-refractivity contribution in [3.8, 4) is 0 Å². The molecule has 3 rings (SSSR count). The molecular formula is C13H15BrClN3. The van der Waals surface area contributed by atoms with Crippen molar-refractivity contribution in [3.63, 3.8) is 0 Å². The Kier molecular flexibility index (Phi) is 3.34. The van der Waals surface area contributed by atoms with E-state index in [-0.39, 0.29) is 0 Å². The van der Waals surface area contributed by atoms with Gasteiger partial charge in [-0.25, -0.2) is 4.98 Å². The molecule has 2 aromatic heterocycles. The Labute approximate surface area is 120 Å². The second-order valence-electron chi connectivity index (χ2n) is 4.94. The third-order valence-corrected chi connectivity index (χ3v) is 4.47. The molecule has 0 amide bonds. The summed E-state index contributed by atoms with van der Waals surface area (Å²) < 4.78 is 3.04. The summed E-state index contributed by atoms with van der Waals surface area (Å²) >= 11 is 9.63. The van der Waals surface area contributed by atoms with Crippen LogP contribution in [0.3, 0.4) is 0 Å². The maximum absolute atomic E-state index is 6.09. The number of likely N-dealkylation sites (tertiary alicyclic amines) is 1. The summed E-state index contributed by atoms with van der Waals surface area (Å²) in [4.78, 5) is 7.05. The zero-order chi connectivity index (χ0) is 12.7. The maximum Gasteiger partial charge on any atom is 0.132 e. The number of piperidine rings is 1. The number of hydrogen-bond donors (Lipinski definition) is 0. The lowest BCUT2D eigenvalue weighted by Crippen LogP contribution is -2.29. The molecule has 0 spiro atoms. The standard InChI is InChI=1S/C13H15BrClN3/c1-17-6-4-9(5-7-17)13-16-12(14)11-3-2-10(15)8-18(11)13/h2-3,8-9H,4-7H2,1H3. The lowest BCUT2D eigenvalue weighted by molar-refractivity contribution is 0.251. The first-order chi connectivity index (χ1) is 8.65. The molecule has 3 heterocycles. The van der Waals surface area contributed by atoms with Crippen molar-refractivity contribution in [1.82, 2.24) is 14.3 Å². The Morgan fingerprint density at radius 2 is 2.06 bits per heavy atom. The molecule has 0 N–H and O–H groups in total. The molecule has 0 unspecified atom stereocenters. The summed E-state index contributed by atoms with van der Waals surface area (Å²) in [6.45, 7) is 2.27. The van der Waals surface area contributed by atoms with Gasteiger partial charge in [0.2, 0.25) is 0 Å². The summed E-state index contributed by atoms with van der Waals surface area (Å²) in [6.07, 6.45) is 4.28. The van der Waals surface area contributed by atoms with Crippen LogP contribution in [0.15, 0.2) is 22.9 Å². The van der Waals surface area contributed by atoms with Crippen molar-refractivity contribution in [2.24, 2.45) is 0 Å². The van der Waals surface area contributed by atoms with Gasteiger partial charge >= 0.3 is 0 Å². The van der Waals surface area contributed by atoms with E-state index in [1.165, 1.54) is 0 Å². The summed E-state index contributed by atoms with van der Waals surface area (Å²) in [6, 6.07) is 3.92. The average Bonchev–Trinajstić information content (AvgIpc) is 2.67. The van der Waals surface area contributed by atoms with Crippen LogP contribution in [-0.4, -0.2) is 34.4 Å². The number of hydrogen-bond acceptors (Lipinski definition) is 2. The molecule has 96 valence electrons. The summed E-state index contributed by atoms with van der Waals surface area (Å²) in [7, 11) is 2.17. The minimum atomic E-state index is 0.526. The minimum absolute atomic E-state index is 0.526. The third-order valence-electron chi connectivity index (χ3n) is 3.67. The van der Waals surface area contributed by atoms with Crippen molar-refractivity contribution in [1.29, 1.82) is 0 Å². The number of fused-ring (bicyclic) bond motifs is 1. The zero-order valence-electron chi connectivity index (χ0n) is 10.2. The molecule has 2 aromatic rings. The van der Waals surface area contributed by atoms with Crippen LogP contribution in [0.2, 0.25) is 5.02 Å². The van der Waals surface area contributed by atoms with Gasteiger partial charge < -0.3 is 9.30 Å². The van der Waals surface area contributed by atoms with E-state index < -0.39 is 0 Å². The first-order valence-corrected chi connectivity index (χ1v) is 7.34. The van der Waals surface area contributed by atoms with Crippen molar-refractivity contribution < 1.29 is 0 Å². The Morgan fingerprint density at radius 3 is 2.78 bits per heavy atom. The van der Waals surface area contributed by atoms with E-state index in [1.54, 1.807) is 0 Å². The van der Waals surface area contributed by atoms with Crippen molar-refractivity contribution in [2.75, 3.05) is 20.1 Å². The Hall–Kier alpha value is -0.580. The monoisotopic (exact) mass is 327 g/mol. The van der Waals surface area contributed by atoms with Crippen LogP contribution in [0, 0.1) is 0 Å². The van der Waals surface area contributed by atoms with Gasteiger partial charge in [-0.3, -0.25) is 0 Å². The fourth-order valence-electron chi connectivity index (χ4n) is 2.60. The number of imidazole rings is 1. The smallest absolute Gasteiger partial charge is 0.132 e.